The second-order valence-corrected chi connectivity index (χ2v) is 5.22. The third-order valence-electron chi connectivity index (χ3n) is 3.59. The molecule has 1 aromatic heterocycles. The lowest BCUT2D eigenvalue weighted by Gasteiger charge is -1.98. The van der Waals surface area contributed by atoms with Crippen molar-refractivity contribution < 1.29 is 9.21 Å². The number of unbranched alkanes of at least 4 members (excludes halogenated alkanes) is 1. The second-order valence-electron chi connectivity index (χ2n) is 5.22. The van der Waals surface area contributed by atoms with Gasteiger partial charge in [-0.25, -0.2) is 0 Å². The number of rotatable bonds is 5. The minimum Gasteiger partial charge on any atom is -0.453 e. The molecule has 0 amide bonds. The van der Waals surface area contributed by atoms with E-state index in [1.807, 2.05) is 12.1 Å². The van der Waals surface area contributed by atoms with Gasteiger partial charge in [0.2, 0.25) is 5.78 Å². The number of aryl methyl sites for hydroxylation is 1. The Morgan fingerprint density at radius 1 is 1.33 bits per heavy atom. The largest absolute Gasteiger partial charge is 0.453 e. The molecule has 0 bridgehead atoms. The van der Waals surface area contributed by atoms with Gasteiger partial charge in [0.25, 0.3) is 0 Å². The summed E-state index contributed by atoms with van der Waals surface area (Å²) in [6.07, 6.45) is 5.56. The molecule has 0 radical (unpaired) electrons. The van der Waals surface area contributed by atoms with Gasteiger partial charge in [0.1, 0.15) is 5.58 Å². The highest BCUT2D eigenvalue weighted by molar-refractivity contribution is 6.00. The average Bonchev–Trinajstić information content (AvgIpc) is 3.14. The fraction of sp³-hybridized carbons (Fsp3) is 0.438. The molecule has 0 saturated heterocycles. The molecule has 0 N–H and O–H groups in total. The monoisotopic (exact) mass is 242 g/mol. The van der Waals surface area contributed by atoms with Gasteiger partial charge in [0.05, 0.1) is 0 Å². The van der Waals surface area contributed by atoms with Crippen molar-refractivity contribution in [2.75, 3.05) is 0 Å². The zero-order valence-corrected chi connectivity index (χ0v) is 10.7. The number of carbonyl (C=O) groups excluding carboxylic acids is 1. The van der Waals surface area contributed by atoms with Crippen LogP contribution in [0.2, 0.25) is 0 Å². The van der Waals surface area contributed by atoms with Crippen LogP contribution in [0.5, 0.6) is 0 Å². The topological polar surface area (TPSA) is 30.2 Å². The van der Waals surface area contributed by atoms with Gasteiger partial charge >= 0.3 is 0 Å². The van der Waals surface area contributed by atoms with Gasteiger partial charge in [-0.1, -0.05) is 19.4 Å². The Balaban J connectivity index is 1.88. The predicted molar refractivity (Wildman–Crippen MR) is 71.9 cm³/mol. The highest BCUT2D eigenvalue weighted by Gasteiger charge is 2.32. The first-order chi connectivity index (χ1) is 8.78. The average molecular weight is 242 g/mol. The van der Waals surface area contributed by atoms with Crippen LogP contribution in [0.4, 0.5) is 0 Å². The smallest absolute Gasteiger partial charge is 0.201 e. The van der Waals surface area contributed by atoms with Crippen molar-refractivity contribution in [2.24, 2.45) is 5.92 Å². The maximum Gasteiger partial charge on any atom is 0.201 e. The van der Waals surface area contributed by atoms with Crippen LogP contribution in [0.25, 0.3) is 11.0 Å². The van der Waals surface area contributed by atoms with Crippen LogP contribution in [-0.2, 0) is 6.42 Å². The Bertz CT molecular complexity index is 576. The number of Topliss-reactive ketones (excluding diaryl/α,β-unsaturated/α-hetero) is 1. The Hall–Kier alpha value is -1.57. The minimum absolute atomic E-state index is 0.182. The van der Waals surface area contributed by atoms with Gasteiger partial charge in [-0.05, 0) is 49.4 Å². The van der Waals surface area contributed by atoms with Crippen LogP contribution in [0.1, 0.15) is 48.7 Å². The van der Waals surface area contributed by atoms with Crippen molar-refractivity contribution >= 4 is 16.8 Å². The SMILES string of the molecule is CCCCc1ccc2oc(C(=O)C3CC3)cc2c1. The number of carbonyl (C=O) groups is 1. The molecule has 1 aliphatic carbocycles. The third kappa shape index (κ3) is 2.20. The molecule has 1 heterocycles. The standard InChI is InChI=1S/C16H18O2/c1-2-3-4-11-5-8-14-13(9-11)10-15(18-14)16(17)12-6-7-12/h5,8-10,12H,2-4,6-7H2,1H3. The molecule has 1 aliphatic rings. The van der Waals surface area contributed by atoms with Crippen LogP contribution < -0.4 is 0 Å². The predicted octanol–water partition coefficient (Wildman–Crippen LogP) is 4.37. The first kappa shape index (κ1) is 11.5. The summed E-state index contributed by atoms with van der Waals surface area (Å²) in [4.78, 5) is 11.9. The summed E-state index contributed by atoms with van der Waals surface area (Å²) in [5.41, 5.74) is 2.16. The summed E-state index contributed by atoms with van der Waals surface area (Å²) in [6.45, 7) is 2.20. The lowest BCUT2D eigenvalue weighted by molar-refractivity contribution is 0.0942. The lowest BCUT2D eigenvalue weighted by Crippen LogP contribution is -1.98. The first-order valence-electron chi connectivity index (χ1n) is 6.84. The number of hydrogen-bond acceptors (Lipinski definition) is 2. The van der Waals surface area contributed by atoms with Crippen molar-refractivity contribution in [2.45, 2.75) is 39.0 Å². The molecule has 2 heteroatoms. The van der Waals surface area contributed by atoms with Crippen LogP contribution in [0, 0.1) is 5.92 Å². The van der Waals surface area contributed by atoms with Crippen LogP contribution >= 0.6 is 0 Å². The van der Waals surface area contributed by atoms with E-state index in [2.05, 4.69) is 19.1 Å². The molecule has 2 nitrogen and oxygen atoms in total. The summed E-state index contributed by atoms with van der Waals surface area (Å²) < 4.78 is 5.64. The molecule has 3 rings (SSSR count). The Morgan fingerprint density at radius 3 is 2.89 bits per heavy atom. The van der Waals surface area contributed by atoms with E-state index in [4.69, 9.17) is 4.42 Å². The third-order valence-corrected chi connectivity index (χ3v) is 3.59. The van der Waals surface area contributed by atoms with Crippen molar-refractivity contribution in [3.8, 4) is 0 Å². The van der Waals surface area contributed by atoms with E-state index in [1.54, 1.807) is 0 Å². The molecule has 1 aromatic carbocycles. The maximum atomic E-state index is 11.9. The molecule has 0 unspecified atom stereocenters. The van der Waals surface area contributed by atoms with E-state index in [9.17, 15) is 4.79 Å². The molecule has 1 fully saturated rings. The number of hydrogen-bond donors (Lipinski definition) is 0. The molecule has 94 valence electrons. The van der Waals surface area contributed by atoms with Gasteiger partial charge < -0.3 is 4.42 Å². The quantitative estimate of drug-likeness (QED) is 0.729. The highest BCUT2D eigenvalue weighted by atomic mass is 16.3. The maximum absolute atomic E-state index is 11.9. The zero-order valence-electron chi connectivity index (χ0n) is 10.7. The van der Waals surface area contributed by atoms with Gasteiger partial charge in [0.15, 0.2) is 5.76 Å². The zero-order chi connectivity index (χ0) is 12.5. The molecule has 18 heavy (non-hydrogen) atoms. The van der Waals surface area contributed by atoms with Gasteiger partial charge in [-0.3, -0.25) is 4.79 Å². The van der Waals surface area contributed by atoms with Crippen molar-refractivity contribution in [1.82, 2.24) is 0 Å². The molecule has 0 spiro atoms. The summed E-state index contributed by atoms with van der Waals surface area (Å²) in [5.74, 6) is 0.951. The van der Waals surface area contributed by atoms with Gasteiger partial charge in [-0.15, -0.1) is 0 Å². The minimum atomic E-state index is 0.182. The number of fused-ring (bicyclic) bond motifs is 1. The van der Waals surface area contributed by atoms with Crippen molar-refractivity contribution in [3.05, 3.63) is 35.6 Å². The molecule has 2 aromatic rings. The second kappa shape index (κ2) is 4.60. The first-order valence-corrected chi connectivity index (χ1v) is 6.84. The van der Waals surface area contributed by atoms with E-state index >= 15 is 0 Å². The summed E-state index contributed by atoms with van der Waals surface area (Å²) in [7, 11) is 0. The van der Waals surface area contributed by atoms with Crippen LogP contribution in [-0.4, -0.2) is 5.78 Å². The normalized spacial score (nSPS) is 15.2. The molecule has 1 saturated carbocycles. The van der Waals surface area contributed by atoms with E-state index < -0.39 is 0 Å². The Kier molecular flexibility index (Phi) is 2.94. The fourth-order valence-electron chi connectivity index (χ4n) is 2.30. The van der Waals surface area contributed by atoms with E-state index in [0.717, 1.165) is 30.2 Å². The summed E-state index contributed by atoms with van der Waals surface area (Å²) in [6, 6.07) is 8.15. The number of furan rings is 1. The number of ketones is 1. The molecule has 0 atom stereocenters. The van der Waals surface area contributed by atoms with E-state index in [1.165, 1.54) is 18.4 Å². The van der Waals surface area contributed by atoms with Gasteiger partial charge in [0, 0.05) is 11.3 Å². The Labute approximate surface area is 107 Å². The van der Waals surface area contributed by atoms with E-state index in [-0.39, 0.29) is 11.7 Å². The van der Waals surface area contributed by atoms with Crippen molar-refractivity contribution in [1.29, 1.82) is 0 Å². The van der Waals surface area contributed by atoms with Crippen LogP contribution in [0.3, 0.4) is 0 Å². The molecular formula is C16H18O2. The lowest BCUT2D eigenvalue weighted by atomic mass is 10.1. The fourth-order valence-corrected chi connectivity index (χ4v) is 2.30. The number of benzene rings is 1. The molecular weight excluding hydrogens is 224 g/mol. The Morgan fingerprint density at radius 2 is 2.17 bits per heavy atom. The highest BCUT2D eigenvalue weighted by Crippen LogP contribution is 2.34. The summed E-state index contributed by atoms with van der Waals surface area (Å²) >= 11 is 0. The van der Waals surface area contributed by atoms with Crippen molar-refractivity contribution in [3.63, 3.8) is 0 Å². The van der Waals surface area contributed by atoms with Crippen LogP contribution in [0.15, 0.2) is 28.7 Å². The summed E-state index contributed by atoms with van der Waals surface area (Å²) in [5, 5.41) is 1.06. The molecule has 0 aliphatic heterocycles. The van der Waals surface area contributed by atoms with Gasteiger partial charge in [-0.2, -0.15) is 0 Å². The van der Waals surface area contributed by atoms with E-state index in [0.29, 0.717) is 5.76 Å².